The van der Waals surface area contributed by atoms with E-state index < -0.39 is 62.1 Å². The van der Waals surface area contributed by atoms with Crippen molar-refractivity contribution in [3.63, 3.8) is 0 Å². The molecule has 208 valence electrons. The quantitative estimate of drug-likeness (QED) is 0.225. The first-order valence-electron chi connectivity index (χ1n) is 10.5. The number of nitrogens with one attached hydrogen (secondary N) is 2. The van der Waals surface area contributed by atoms with Gasteiger partial charge in [-0.2, -0.15) is 0 Å². The van der Waals surface area contributed by atoms with Gasteiger partial charge in [-0.15, -0.1) is 11.8 Å². The molecular weight excluding hydrogens is 715 g/mol. The number of halogens is 7. The van der Waals surface area contributed by atoms with Gasteiger partial charge in [0.25, 0.3) is 5.91 Å². The fourth-order valence-electron chi connectivity index (χ4n) is 3.48. The van der Waals surface area contributed by atoms with E-state index in [9.17, 15) is 19.2 Å². The van der Waals surface area contributed by atoms with Gasteiger partial charge in [0.15, 0.2) is 0 Å². The summed E-state index contributed by atoms with van der Waals surface area (Å²) in [5.41, 5.74) is 1.02. The minimum absolute atomic E-state index is 0.0170. The van der Waals surface area contributed by atoms with Gasteiger partial charge >= 0.3 is 12.1 Å². The van der Waals surface area contributed by atoms with Crippen molar-refractivity contribution in [1.29, 1.82) is 0 Å². The van der Waals surface area contributed by atoms with E-state index >= 15 is 0 Å². The third-order valence-electron chi connectivity index (χ3n) is 5.09. The minimum atomic E-state index is -1.85. The van der Waals surface area contributed by atoms with Crippen LogP contribution in [-0.2, 0) is 23.9 Å². The van der Waals surface area contributed by atoms with Gasteiger partial charge in [0.2, 0.25) is 13.5 Å². The number of hydrogen-bond donors (Lipinski definition) is 2. The Morgan fingerprint density at radius 3 is 2.24 bits per heavy atom. The molecule has 9 nitrogen and oxygen atoms in total. The number of benzene rings is 1. The molecule has 17 heteroatoms. The van der Waals surface area contributed by atoms with Gasteiger partial charge in [-0.1, -0.05) is 116 Å². The monoisotopic (exact) mass is 729 g/mol. The van der Waals surface area contributed by atoms with Crippen LogP contribution < -0.4 is 10.6 Å². The van der Waals surface area contributed by atoms with E-state index in [2.05, 4.69) is 26.6 Å². The molecule has 2 N–H and O–H groups in total. The van der Waals surface area contributed by atoms with E-state index in [4.69, 9.17) is 79.1 Å². The normalized spacial score (nSPS) is 20.2. The molecule has 3 amide bonds. The Bertz CT molecular complexity index is 1120. The number of alkyl halides is 7. The van der Waals surface area contributed by atoms with Crippen molar-refractivity contribution in [2.45, 2.75) is 25.0 Å². The van der Waals surface area contributed by atoms with E-state index in [1.807, 2.05) is 0 Å². The lowest BCUT2D eigenvalue weighted by atomic mass is 10.0. The van der Waals surface area contributed by atoms with Crippen LogP contribution in [0.5, 0.6) is 0 Å². The number of carbonyl (C=O) groups is 4. The highest BCUT2D eigenvalue weighted by atomic mass is 79.9. The summed E-state index contributed by atoms with van der Waals surface area (Å²) in [7, 11) is 0. The number of β-lactam (4-membered cyclic amide) rings is 1. The standard InChI is InChI=1S/C21H18BrCl6N3O6S/c22-6-11-7-38-17-13(16(33)31(17)14(11)18(34)36-8-20(23,24)25)29-15(32)12(10-4-2-1-3-5-10)30-19(35)37-9-21(26,27)28/h1-5,12-13,17H,6-9H2,(H,29,32)(H,30,35)/t12-,13-,17-/m1/s1. The Morgan fingerprint density at radius 1 is 1.05 bits per heavy atom. The highest BCUT2D eigenvalue weighted by molar-refractivity contribution is 9.09. The second-order valence-electron chi connectivity index (χ2n) is 7.85. The van der Waals surface area contributed by atoms with Gasteiger partial charge in [-0.3, -0.25) is 14.5 Å². The van der Waals surface area contributed by atoms with E-state index in [1.165, 1.54) is 16.7 Å². The predicted octanol–water partition coefficient (Wildman–Crippen LogP) is 4.79. The average molecular weight is 733 g/mol. The number of amides is 3. The second-order valence-corrected chi connectivity index (χ2v) is 14.6. The highest BCUT2D eigenvalue weighted by Crippen LogP contribution is 2.41. The highest BCUT2D eigenvalue weighted by Gasteiger charge is 2.54. The number of alkyl carbamates (subject to hydrolysis) is 1. The molecule has 0 spiro atoms. The van der Waals surface area contributed by atoms with Crippen molar-refractivity contribution in [2.24, 2.45) is 0 Å². The number of ether oxygens (including phenoxy) is 2. The maximum atomic E-state index is 13.3. The number of thioether (sulfide) groups is 1. The molecule has 3 rings (SSSR count). The molecular formula is C21H18BrCl6N3O6S. The number of fused-ring (bicyclic) bond motifs is 1. The van der Waals surface area contributed by atoms with Crippen LogP contribution in [0.1, 0.15) is 11.6 Å². The molecule has 0 unspecified atom stereocenters. The molecule has 0 aliphatic carbocycles. The molecule has 0 radical (unpaired) electrons. The maximum Gasteiger partial charge on any atom is 0.408 e. The summed E-state index contributed by atoms with van der Waals surface area (Å²) < 4.78 is 6.29. The molecule has 1 saturated heterocycles. The topological polar surface area (TPSA) is 114 Å². The van der Waals surface area contributed by atoms with Crippen LogP contribution in [0.2, 0.25) is 0 Å². The van der Waals surface area contributed by atoms with Crippen LogP contribution in [0.4, 0.5) is 4.79 Å². The summed E-state index contributed by atoms with van der Waals surface area (Å²) in [6, 6.07) is 6.03. The third kappa shape index (κ3) is 8.36. The van der Waals surface area contributed by atoms with Gasteiger partial charge in [-0.25, -0.2) is 9.59 Å². The van der Waals surface area contributed by atoms with Crippen molar-refractivity contribution < 1.29 is 28.7 Å². The average Bonchev–Trinajstić information content (AvgIpc) is 2.86. The zero-order valence-corrected chi connectivity index (χ0v) is 25.8. The van der Waals surface area contributed by atoms with Gasteiger partial charge in [0.05, 0.1) is 0 Å². The Balaban J connectivity index is 1.74. The lowest BCUT2D eigenvalue weighted by molar-refractivity contribution is -0.153. The molecule has 0 bridgehead atoms. The summed E-state index contributed by atoms with van der Waals surface area (Å²) >= 11 is 38.5. The van der Waals surface area contributed by atoms with Crippen LogP contribution in [0.25, 0.3) is 0 Å². The Kier molecular flexibility index (Phi) is 11.1. The largest absolute Gasteiger partial charge is 0.456 e. The number of hydrogen-bond acceptors (Lipinski definition) is 7. The van der Waals surface area contributed by atoms with Crippen LogP contribution in [0, 0.1) is 0 Å². The number of carbonyl (C=O) groups excluding carboxylic acids is 4. The first kappa shape index (κ1) is 31.7. The van der Waals surface area contributed by atoms with Crippen molar-refractivity contribution in [1.82, 2.24) is 15.5 Å². The number of nitrogens with zero attached hydrogens (tertiary/aromatic N) is 1. The zero-order valence-electron chi connectivity index (χ0n) is 18.9. The van der Waals surface area contributed by atoms with E-state index in [0.29, 0.717) is 22.2 Å². The van der Waals surface area contributed by atoms with Gasteiger partial charge in [0.1, 0.15) is 36.4 Å². The van der Waals surface area contributed by atoms with Crippen molar-refractivity contribution >= 4 is 121 Å². The molecule has 2 heterocycles. The van der Waals surface area contributed by atoms with E-state index in [0.717, 1.165) is 0 Å². The molecule has 3 atom stereocenters. The van der Waals surface area contributed by atoms with Crippen molar-refractivity contribution in [3.05, 3.63) is 47.2 Å². The van der Waals surface area contributed by atoms with E-state index in [-0.39, 0.29) is 5.70 Å². The molecule has 1 aromatic rings. The second kappa shape index (κ2) is 13.2. The van der Waals surface area contributed by atoms with Crippen LogP contribution in [0.3, 0.4) is 0 Å². The Hall–Kier alpha value is -0.790. The fourth-order valence-corrected chi connectivity index (χ4v) is 5.88. The fraction of sp³-hybridized carbons (Fsp3) is 0.429. The van der Waals surface area contributed by atoms with Gasteiger partial charge < -0.3 is 20.1 Å². The molecule has 1 fully saturated rings. The van der Waals surface area contributed by atoms with Crippen molar-refractivity contribution in [3.8, 4) is 0 Å². The van der Waals surface area contributed by atoms with Gasteiger partial charge in [0, 0.05) is 11.1 Å². The third-order valence-corrected chi connectivity index (χ3v) is 7.76. The molecule has 2 aliphatic rings. The SMILES string of the molecule is O=C(N[C@@H](C(=O)N[C@@H]1C(=O)N2C(C(=O)OCC(Cl)(Cl)Cl)=C(CBr)CS[C@H]12)c1ccccc1)OCC(Cl)(Cl)Cl. The predicted molar refractivity (Wildman–Crippen MR) is 151 cm³/mol. The number of esters is 1. The lowest BCUT2D eigenvalue weighted by Gasteiger charge is -2.49. The summed E-state index contributed by atoms with van der Waals surface area (Å²) in [5.74, 6) is -1.72. The molecule has 0 saturated carbocycles. The molecule has 2 aliphatic heterocycles. The summed E-state index contributed by atoms with van der Waals surface area (Å²) in [5, 5.41) is 4.73. The minimum Gasteiger partial charge on any atom is -0.456 e. The maximum absolute atomic E-state index is 13.3. The van der Waals surface area contributed by atoms with Crippen LogP contribution >= 0.6 is 97.3 Å². The van der Waals surface area contributed by atoms with Crippen LogP contribution in [-0.4, -0.2) is 72.1 Å². The molecule has 1 aromatic carbocycles. The smallest absolute Gasteiger partial charge is 0.408 e. The molecule has 38 heavy (non-hydrogen) atoms. The Labute approximate surface area is 260 Å². The summed E-state index contributed by atoms with van der Waals surface area (Å²) in [4.78, 5) is 52.7. The summed E-state index contributed by atoms with van der Waals surface area (Å²) in [6.45, 7) is -1.07. The number of rotatable bonds is 8. The first-order chi connectivity index (χ1) is 17.7. The summed E-state index contributed by atoms with van der Waals surface area (Å²) in [6.07, 6.45) is -1.02. The lowest BCUT2D eigenvalue weighted by Crippen LogP contribution is -2.71. The first-order valence-corrected chi connectivity index (χ1v) is 15.0. The van der Waals surface area contributed by atoms with Crippen LogP contribution in [0.15, 0.2) is 41.6 Å². The van der Waals surface area contributed by atoms with E-state index in [1.54, 1.807) is 30.3 Å². The zero-order chi connectivity index (χ0) is 28.3. The van der Waals surface area contributed by atoms with Crippen molar-refractivity contribution in [2.75, 3.05) is 24.3 Å². The Morgan fingerprint density at radius 2 is 1.66 bits per heavy atom. The molecule has 0 aromatic heterocycles. The van der Waals surface area contributed by atoms with Gasteiger partial charge in [-0.05, 0) is 11.1 Å².